The van der Waals surface area contributed by atoms with Crippen LogP contribution in [0.1, 0.15) is 33.3 Å². The van der Waals surface area contributed by atoms with Crippen LogP contribution in [0.15, 0.2) is 42.5 Å². The molecule has 0 unspecified atom stereocenters. The number of hydrogen-bond donors (Lipinski definition) is 1. The summed E-state index contributed by atoms with van der Waals surface area (Å²) >= 11 is 12.7. The van der Waals surface area contributed by atoms with Crippen LogP contribution >= 0.6 is 23.2 Å². The number of carbonyl (C=O) groups excluding carboxylic acids is 2. The van der Waals surface area contributed by atoms with Gasteiger partial charge in [-0.15, -0.1) is 0 Å². The minimum atomic E-state index is -3.89. The number of anilines is 1. The van der Waals surface area contributed by atoms with Gasteiger partial charge in [-0.1, -0.05) is 41.4 Å². The molecule has 0 aliphatic heterocycles. The Morgan fingerprint density at radius 3 is 2.17 bits per heavy atom. The number of benzene rings is 2. The Hall–Kier alpha value is -2.49. The molecular formula is C24H31Cl2N3O5S. The Balaban J connectivity index is 2.50. The number of sulfonamides is 1. The number of nitrogens with one attached hydrogen (secondary N) is 1. The number of amides is 2. The maximum atomic E-state index is 13.6. The molecule has 35 heavy (non-hydrogen) atoms. The van der Waals surface area contributed by atoms with Crippen LogP contribution < -0.4 is 14.4 Å². The summed E-state index contributed by atoms with van der Waals surface area (Å²) < 4.78 is 32.0. The third-order valence-electron chi connectivity index (χ3n) is 5.10. The lowest BCUT2D eigenvalue weighted by Crippen LogP contribution is -2.52. The van der Waals surface area contributed by atoms with Crippen molar-refractivity contribution in [1.29, 1.82) is 0 Å². The van der Waals surface area contributed by atoms with Crippen LogP contribution in [0.5, 0.6) is 5.75 Å². The lowest BCUT2D eigenvalue weighted by atomic mass is 10.1. The van der Waals surface area contributed by atoms with E-state index in [-0.39, 0.29) is 18.3 Å². The van der Waals surface area contributed by atoms with Gasteiger partial charge in [-0.25, -0.2) is 8.42 Å². The number of para-hydroxylation sites is 2. The van der Waals surface area contributed by atoms with Gasteiger partial charge in [-0.2, -0.15) is 0 Å². The molecule has 0 saturated heterocycles. The van der Waals surface area contributed by atoms with Crippen molar-refractivity contribution in [2.75, 3.05) is 23.7 Å². The molecule has 0 radical (unpaired) electrons. The van der Waals surface area contributed by atoms with E-state index in [2.05, 4.69) is 5.32 Å². The van der Waals surface area contributed by atoms with E-state index in [0.29, 0.717) is 28.0 Å². The van der Waals surface area contributed by atoms with Crippen LogP contribution in [0, 0.1) is 0 Å². The molecule has 1 atom stereocenters. The summed E-state index contributed by atoms with van der Waals surface area (Å²) in [6.45, 7) is 6.62. The molecule has 2 aromatic rings. The first-order chi connectivity index (χ1) is 16.4. The van der Waals surface area contributed by atoms with E-state index in [0.717, 1.165) is 10.6 Å². The smallest absolute Gasteiger partial charge is 0.244 e. The zero-order valence-electron chi connectivity index (χ0n) is 20.4. The van der Waals surface area contributed by atoms with Gasteiger partial charge in [-0.3, -0.25) is 13.9 Å². The molecule has 192 valence electrons. The van der Waals surface area contributed by atoms with Crippen LogP contribution in [-0.2, 0) is 26.2 Å². The molecule has 0 fully saturated rings. The molecule has 1 N–H and O–H groups in total. The Kier molecular flexibility index (Phi) is 10.2. The summed E-state index contributed by atoms with van der Waals surface area (Å²) in [5.41, 5.74) is 0.675. The molecular weight excluding hydrogens is 513 g/mol. The monoisotopic (exact) mass is 543 g/mol. The Morgan fingerprint density at radius 2 is 1.63 bits per heavy atom. The highest BCUT2D eigenvalue weighted by Crippen LogP contribution is 2.31. The molecule has 2 amide bonds. The van der Waals surface area contributed by atoms with Gasteiger partial charge in [-0.05, 0) is 52.0 Å². The van der Waals surface area contributed by atoms with Crippen molar-refractivity contribution in [3.63, 3.8) is 0 Å². The van der Waals surface area contributed by atoms with Gasteiger partial charge in [0, 0.05) is 28.2 Å². The maximum absolute atomic E-state index is 13.6. The summed E-state index contributed by atoms with van der Waals surface area (Å²) in [4.78, 5) is 27.7. The van der Waals surface area contributed by atoms with Gasteiger partial charge in [0.25, 0.3) is 0 Å². The van der Waals surface area contributed by atoms with Crippen LogP contribution in [0.3, 0.4) is 0 Å². The summed E-state index contributed by atoms with van der Waals surface area (Å²) in [6.07, 6.45) is 1.01. The molecule has 0 heterocycles. The number of carbonyl (C=O) groups is 2. The van der Waals surface area contributed by atoms with E-state index in [9.17, 15) is 18.0 Å². The summed E-state index contributed by atoms with van der Waals surface area (Å²) in [7, 11) is -3.89. The molecule has 0 saturated carbocycles. The van der Waals surface area contributed by atoms with Gasteiger partial charge in [0.1, 0.15) is 18.3 Å². The van der Waals surface area contributed by atoms with E-state index >= 15 is 0 Å². The second kappa shape index (κ2) is 12.5. The van der Waals surface area contributed by atoms with Crippen LogP contribution in [-0.4, -0.2) is 56.6 Å². The van der Waals surface area contributed by atoms with E-state index in [1.165, 1.54) is 4.90 Å². The zero-order valence-corrected chi connectivity index (χ0v) is 22.7. The zero-order chi connectivity index (χ0) is 26.3. The van der Waals surface area contributed by atoms with Crippen molar-refractivity contribution >= 4 is 50.7 Å². The SMILES string of the molecule is CCOc1ccccc1N(CC(=O)N(Cc1c(Cl)cccc1Cl)[C@H](C)C(=O)NC(C)C)S(C)(=O)=O. The predicted octanol–water partition coefficient (Wildman–Crippen LogP) is 4.10. The van der Waals surface area contributed by atoms with Crippen molar-refractivity contribution in [2.24, 2.45) is 0 Å². The highest BCUT2D eigenvalue weighted by atomic mass is 35.5. The molecule has 8 nitrogen and oxygen atoms in total. The second-order valence-electron chi connectivity index (χ2n) is 8.23. The first-order valence-electron chi connectivity index (χ1n) is 11.1. The Labute approximate surface area is 217 Å². The van der Waals surface area contributed by atoms with Gasteiger partial charge < -0.3 is 15.0 Å². The van der Waals surface area contributed by atoms with Crippen molar-refractivity contribution in [3.8, 4) is 5.75 Å². The van der Waals surface area contributed by atoms with Crippen molar-refractivity contribution in [1.82, 2.24) is 10.2 Å². The molecule has 0 spiro atoms. The van der Waals surface area contributed by atoms with Gasteiger partial charge in [0.15, 0.2) is 0 Å². The van der Waals surface area contributed by atoms with E-state index in [4.69, 9.17) is 27.9 Å². The number of hydrogen-bond acceptors (Lipinski definition) is 5. The van der Waals surface area contributed by atoms with E-state index < -0.39 is 34.4 Å². The summed E-state index contributed by atoms with van der Waals surface area (Å²) in [5, 5.41) is 3.44. The topological polar surface area (TPSA) is 96.0 Å². The fourth-order valence-electron chi connectivity index (χ4n) is 3.38. The van der Waals surface area contributed by atoms with Crippen LogP contribution in [0.25, 0.3) is 0 Å². The molecule has 2 rings (SSSR count). The highest BCUT2D eigenvalue weighted by molar-refractivity contribution is 7.92. The number of halogens is 2. The maximum Gasteiger partial charge on any atom is 0.244 e. The first kappa shape index (κ1) is 28.7. The predicted molar refractivity (Wildman–Crippen MR) is 140 cm³/mol. The molecule has 11 heteroatoms. The molecule has 0 bridgehead atoms. The average Bonchev–Trinajstić information content (AvgIpc) is 2.76. The van der Waals surface area contributed by atoms with Crippen molar-refractivity contribution in [3.05, 3.63) is 58.1 Å². The third kappa shape index (κ3) is 7.75. The Morgan fingerprint density at radius 1 is 1.03 bits per heavy atom. The fraction of sp³-hybridized carbons (Fsp3) is 0.417. The normalized spacial score (nSPS) is 12.2. The van der Waals surface area contributed by atoms with Crippen molar-refractivity contribution < 1.29 is 22.7 Å². The Bertz CT molecular complexity index is 1140. The average molecular weight is 545 g/mol. The minimum Gasteiger partial charge on any atom is -0.492 e. The molecule has 2 aromatic carbocycles. The van der Waals surface area contributed by atoms with E-state index in [1.54, 1.807) is 70.2 Å². The van der Waals surface area contributed by atoms with Crippen LogP contribution in [0.4, 0.5) is 5.69 Å². The number of ether oxygens (including phenoxy) is 1. The fourth-order valence-corrected chi connectivity index (χ4v) is 4.75. The highest BCUT2D eigenvalue weighted by Gasteiger charge is 2.32. The van der Waals surface area contributed by atoms with Crippen LogP contribution in [0.2, 0.25) is 10.0 Å². The van der Waals surface area contributed by atoms with Gasteiger partial charge >= 0.3 is 0 Å². The molecule has 0 aliphatic carbocycles. The summed E-state index contributed by atoms with van der Waals surface area (Å²) in [5.74, 6) is -0.680. The summed E-state index contributed by atoms with van der Waals surface area (Å²) in [6, 6.07) is 10.4. The number of nitrogens with zero attached hydrogens (tertiary/aromatic N) is 2. The van der Waals surface area contributed by atoms with E-state index in [1.807, 2.05) is 0 Å². The quantitative estimate of drug-likeness (QED) is 0.460. The molecule has 0 aromatic heterocycles. The number of rotatable bonds is 11. The standard InChI is InChI=1S/C24H31Cl2N3O5S/c1-6-34-22-13-8-7-12-21(22)29(35(5,32)33)15-23(30)28(17(4)24(31)27-16(2)3)14-18-19(25)10-9-11-20(18)26/h7-13,16-17H,6,14-15H2,1-5H3,(H,27,31)/t17-/m1/s1. The van der Waals surface area contributed by atoms with Gasteiger partial charge in [0.05, 0.1) is 18.6 Å². The first-order valence-corrected chi connectivity index (χ1v) is 13.7. The third-order valence-corrected chi connectivity index (χ3v) is 6.94. The lowest BCUT2D eigenvalue weighted by Gasteiger charge is -2.32. The van der Waals surface area contributed by atoms with Crippen molar-refractivity contribution in [2.45, 2.75) is 46.3 Å². The lowest BCUT2D eigenvalue weighted by molar-refractivity contribution is -0.139. The second-order valence-corrected chi connectivity index (χ2v) is 11.0. The molecule has 0 aliphatic rings. The van der Waals surface area contributed by atoms with Gasteiger partial charge in [0.2, 0.25) is 21.8 Å². The largest absolute Gasteiger partial charge is 0.492 e. The minimum absolute atomic E-state index is 0.0886.